The van der Waals surface area contributed by atoms with Gasteiger partial charge in [0.25, 0.3) is 0 Å². The van der Waals surface area contributed by atoms with E-state index in [4.69, 9.17) is 4.52 Å². The Morgan fingerprint density at radius 3 is 2.62 bits per heavy atom. The molecule has 1 atom stereocenters. The number of para-hydroxylation sites is 1. The second-order valence-corrected chi connectivity index (χ2v) is 4.17. The van der Waals surface area contributed by atoms with Gasteiger partial charge in [0.15, 0.2) is 0 Å². The first-order valence-corrected chi connectivity index (χ1v) is 5.92. The van der Waals surface area contributed by atoms with Crippen molar-refractivity contribution in [3.8, 4) is 5.75 Å². The smallest absolute Gasteiger partial charge is 0.227 e. The van der Waals surface area contributed by atoms with Gasteiger partial charge in [-0.15, -0.1) is 0 Å². The Labute approximate surface area is 80.5 Å². The van der Waals surface area contributed by atoms with Crippen LogP contribution in [-0.4, -0.2) is 11.1 Å². The van der Waals surface area contributed by atoms with E-state index < -0.39 is 8.38 Å². The summed E-state index contributed by atoms with van der Waals surface area (Å²) in [5.41, 5.74) is 0. The van der Waals surface area contributed by atoms with E-state index >= 15 is 0 Å². The monoisotopic (exact) mass is 198 g/mol. The van der Waals surface area contributed by atoms with Gasteiger partial charge in [-0.3, -0.25) is 0 Å². The number of hydrogen-bond acceptors (Lipinski definition) is 2. The van der Waals surface area contributed by atoms with Crippen LogP contribution in [0.4, 0.5) is 0 Å². The molecule has 1 rings (SSSR count). The Bertz CT molecular complexity index is 226. The lowest BCUT2D eigenvalue weighted by Crippen LogP contribution is -1.91. The molecule has 1 aromatic rings. The Balaban J connectivity index is 2.32. The number of benzene rings is 1. The Morgan fingerprint density at radius 2 is 2.00 bits per heavy atom. The first kappa shape index (κ1) is 10.5. The fraction of sp³-hybridized carbons (Fsp3) is 0.400. The van der Waals surface area contributed by atoms with E-state index in [2.05, 4.69) is 6.92 Å². The van der Waals surface area contributed by atoms with E-state index in [0.717, 1.165) is 24.8 Å². The van der Waals surface area contributed by atoms with Crippen LogP contribution in [0.25, 0.3) is 0 Å². The molecule has 72 valence electrons. The van der Waals surface area contributed by atoms with E-state index in [1.54, 1.807) is 0 Å². The largest absolute Gasteiger partial charge is 0.447 e. The van der Waals surface area contributed by atoms with Crippen LogP contribution in [0.2, 0.25) is 0 Å². The fourth-order valence-electron chi connectivity index (χ4n) is 0.942. The zero-order valence-corrected chi connectivity index (χ0v) is 8.71. The highest BCUT2D eigenvalue weighted by Crippen LogP contribution is 2.34. The Hall–Kier alpha value is -0.590. The summed E-state index contributed by atoms with van der Waals surface area (Å²) in [5.74, 6) is 0.757. The summed E-state index contributed by atoms with van der Waals surface area (Å²) in [4.78, 5) is 9.48. The first-order chi connectivity index (χ1) is 6.33. The summed E-state index contributed by atoms with van der Waals surface area (Å²) < 4.78 is 5.34. The summed E-state index contributed by atoms with van der Waals surface area (Å²) in [5, 5.41) is 0. The second kappa shape index (κ2) is 5.95. The highest BCUT2D eigenvalue weighted by Gasteiger charge is 2.05. The van der Waals surface area contributed by atoms with Gasteiger partial charge in [0.2, 0.25) is 8.38 Å². The molecule has 1 N–H and O–H groups in total. The summed E-state index contributed by atoms with van der Waals surface area (Å²) in [6, 6.07) is 9.45. The third kappa shape index (κ3) is 4.25. The molecule has 0 bridgehead atoms. The van der Waals surface area contributed by atoms with Crippen LogP contribution in [0, 0.1) is 0 Å². The van der Waals surface area contributed by atoms with Crippen LogP contribution in [0.1, 0.15) is 19.8 Å². The van der Waals surface area contributed by atoms with Gasteiger partial charge in [-0.1, -0.05) is 31.5 Å². The summed E-state index contributed by atoms with van der Waals surface area (Å²) >= 11 is 0. The molecule has 0 amide bonds. The third-order valence-electron chi connectivity index (χ3n) is 1.66. The zero-order chi connectivity index (χ0) is 9.52. The molecule has 0 heterocycles. The van der Waals surface area contributed by atoms with Crippen molar-refractivity contribution >= 4 is 8.38 Å². The highest BCUT2D eigenvalue weighted by atomic mass is 31.2. The van der Waals surface area contributed by atoms with Gasteiger partial charge in [-0.05, 0) is 18.6 Å². The molecule has 0 aliphatic carbocycles. The first-order valence-electron chi connectivity index (χ1n) is 4.52. The minimum Gasteiger partial charge on any atom is -0.447 e. The van der Waals surface area contributed by atoms with Crippen LogP contribution < -0.4 is 4.52 Å². The normalized spacial score (nSPS) is 12.5. The van der Waals surface area contributed by atoms with Crippen molar-refractivity contribution in [2.45, 2.75) is 19.8 Å². The quantitative estimate of drug-likeness (QED) is 0.736. The zero-order valence-electron chi connectivity index (χ0n) is 7.81. The lowest BCUT2D eigenvalue weighted by Gasteiger charge is -2.10. The van der Waals surface area contributed by atoms with Crippen molar-refractivity contribution in [3.63, 3.8) is 0 Å². The fourth-order valence-corrected chi connectivity index (χ4v) is 1.99. The average molecular weight is 198 g/mol. The average Bonchev–Trinajstić information content (AvgIpc) is 2.16. The minimum atomic E-state index is -1.26. The molecule has 13 heavy (non-hydrogen) atoms. The standard InChI is InChI=1S/C10H15O2P/c1-2-3-9-13(11)12-10-7-5-4-6-8-10/h4-8,11H,2-3,9H2,1H3. The molecular weight excluding hydrogens is 183 g/mol. The van der Waals surface area contributed by atoms with Gasteiger partial charge in [0.1, 0.15) is 5.75 Å². The molecule has 2 nitrogen and oxygen atoms in total. The maximum Gasteiger partial charge on any atom is 0.227 e. The van der Waals surface area contributed by atoms with Gasteiger partial charge < -0.3 is 9.42 Å². The second-order valence-electron chi connectivity index (χ2n) is 2.83. The molecule has 0 spiro atoms. The molecule has 1 unspecified atom stereocenters. The van der Waals surface area contributed by atoms with Gasteiger partial charge in [-0.2, -0.15) is 0 Å². The SMILES string of the molecule is CCCCP(O)Oc1ccccc1. The van der Waals surface area contributed by atoms with Crippen LogP contribution in [0.15, 0.2) is 30.3 Å². The number of hydrogen-bond donors (Lipinski definition) is 1. The van der Waals surface area contributed by atoms with Crippen LogP contribution in [0.3, 0.4) is 0 Å². The maximum atomic E-state index is 9.48. The van der Waals surface area contributed by atoms with E-state index in [1.807, 2.05) is 30.3 Å². The number of rotatable bonds is 5. The van der Waals surface area contributed by atoms with Crippen molar-refractivity contribution in [1.29, 1.82) is 0 Å². The summed E-state index contributed by atoms with van der Waals surface area (Å²) in [7, 11) is -1.26. The molecule has 3 heteroatoms. The van der Waals surface area contributed by atoms with E-state index in [-0.39, 0.29) is 0 Å². The number of unbranched alkanes of at least 4 members (excludes halogenated alkanes) is 1. The van der Waals surface area contributed by atoms with Crippen LogP contribution in [0.5, 0.6) is 5.75 Å². The predicted octanol–water partition coefficient (Wildman–Crippen LogP) is 3.17. The molecule has 0 aliphatic heterocycles. The van der Waals surface area contributed by atoms with E-state index in [9.17, 15) is 4.89 Å². The summed E-state index contributed by atoms with van der Waals surface area (Å²) in [6.45, 7) is 2.10. The molecule has 0 aromatic heterocycles. The third-order valence-corrected chi connectivity index (χ3v) is 2.78. The topological polar surface area (TPSA) is 29.5 Å². The molecule has 1 aromatic carbocycles. The van der Waals surface area contributed by atoms with Crippen LogP contribution in [-0.2, 0) is 0 Å². The molecule has 0 radical (unpaired) electrons. The molecule has 0 saturated heterocycles. The molecule has 0 fully saturated rings. The van der Waals surface area contributed by atoms with Gasteiger partial charge in [-0.25, -0.2) is 0 Å². The lowest BCUT2D eigenvalue weighted by molar-refractivity contribution is 0.483. The van der Waals surface area contributed by atoms with Gasteiger partial charge in [0, 0.05) is 6.16 Å². The highest BCUT2D eigenvalue weighted by molar-refractivity contribution is 7.46. The van der Waals surface area contributed by atoms with Crippen molar-refractivity contribution < 1.29 is 9.42 Å². The Kier molecular flexibility index (Phi) is 4.81. The van der Waals surface area contributed by atoms with Gasteiger partial charge in [0.05, 0.1) is 0 Å². The maximum absolute atomic E-state index is 9.48. The van der Waals surface area contributed by atoms with E-state index in [1.165, 1.54) is 0 Å². The van der Waals surface area contributed by atoms with Crippen molar-refractivity contribution in [2.24, 2.45) is 0 Å². The van der Waals surface area contributed by atoms with E-state index in [0.29, 0.717) is 0 Å². The lowest BCUT2D eigenvalue weighted by atomic mass is 10.3. The van der Waals surface area contributed by atoms with Crippen molar-refractivity contribution in [1.82, 2.24) is 0 Å². The molecule has 0 aliphatic rings. The van der Waals surface area contributed by atoms with Gasteiger partial charge >= 0.3 is 0 Å². The molecule has 0 saturated carbocycles. The van der Waals surface area contributed by atoms with Crippen molar-refractivity contribution in [2.75, 3.05) is 6.16 Å². The van der Waals surface area contributed by atoms with Crippen molar-refractivity contribution in [3.05, 3.63) is 30.3 Å². The Morgan fingerprint density at radius 1 is 1.31 bits per heavy atom. The molecular formula is C10H15O2P. The summed E-state index contributed by atoms with van der Waals surface area (Å²) in [6.07, 6.45) is 2.88. The predicted molar refractivity (Wildman–Crippen MR) is 56.0 cm³/mol. The minimum absolute atomic E-state index is 0.757. The van der Waals surface area contributed by atoms with Crippen LogP contribution >= 0.6 is 8.38 Å².